The molecule has 1 atom stereocenters. The molecule has 132 valence electrons. The van der Waals surface area contributed by atoms with Gasteiger partial charge in [-0.1, -0.05) is 0 Å². The molecule has 4 N–H and O–H groups in total. The fraction of sp³-hybridized carbons (Fsp3) is 0.800. The molecule has 0 aromatic carbocycles. The lowest BCUT2D eigenvalue weighted by molar-refractivity contribution is -0.174. The number of carbonyl (C=O) groups is 3. The number of hydrogen-bond acceptors (Lipinski definition) is 6. The minimum atomic E-state index is -2.67. The monoisotopic (exact) mass is 331 g/mol. The summed E-state index contributed by atoms with van der Waals surface area (Å²) in [5, 5.41) is 30.9. The number of ether oxygens (including phenoxy) is 1. The van der Waals surface area contributed by atoms with Gasteiger partial charge in [-0.25, -0.2) is 4.79 Å². The van der Waals surface area contributed by atoms with E-state index in [4.69, 9.17) is 14.9 Å². The average molecular weight is 331 g/mol. The Morgan fingerprint density at radius 2 is 1.57 bits per heavy atom. The molecule has 1 rings (SSSR count). The molecule has 1 fully saturated rings. The molecule has 0 bridgehead atoms. The van der Waals surface area contributed by atoms with Crippen LogP contribution in [0.5, 0.6) is 0 Å². The van der Waals surface area contributed by atoms with E-state index in [1.807, 2.05) is 27.7 Å². The maximum absolute atomic E-state index is 12.0. The topological polar surface area (TPSA) is 133 Å². The van der Waals surface area contributed by atoms with Crippen molar-refractivity contribution in [3.63, 3.8) is 0 Å². The first-order valence-electron chi connectivity index (χ1n) is 7.41. The predicted octanol–water partition coefficient (Wildman–Crippen LogP) is 0.519. The van der Waals surface area contributed by atoms with Crippen LogP contribution in [0.15, 0.2) is 0 Å². The normalized spacial score (nSPS) is 22.8. The molecule has 8 heteroatoms. The number of aliphatic hydroxyl groups is 1. The minimum absolute atomic E-state index is 0.267. The third-order valence-electron chi connectivity index (χ3n) is 3.73. The number of carbonyl (C=O) groups excluding carboxylic acids is 1. The summed E-state index contributed by atoms with van der Waals surface area (Å²) in [5.41, 5.74) is -3.20. The van der Waals surface area contributed by atoms with Crippen molar-refractivity contribution in [2.45, 2.75) is 76.2 Å². The second kappa shape index (κ2) is 6.45. The maximum Gasteiger partial charge on any atom is 0.336 e. The molecule has 1 aliphatic heterocycles. The van der Waals surface area contributed by atoms with Crippen LogP contribution in [0, 0.1) is 0 Å². The van der Waals surface area contributed by atoms with E-state index >= 15 is 0 Å². The van der Waals surface area contributed by atoms with Crippen LogP contribution in [-0.2, 0) is 19.1 Å². The van der Waals surface area contributed by atoms with Crippen LogP contribution in [0.25, 0.3) is 0 Å². The molecule has 0 aromatic rings. The van der Waals surface area contributed by atoms with Crippen molar-refractivity contribution in [1.29, 1.82) is 0 Å². The lowest BCUT2D eigenvalue weighted by Crippen LogP contribution is -2.59. The number of carboxylic acids is 2. The zero-order chi connectivity index (χ0) is 18.1. The van der Waals surface area contributed by atoms with Gasteiger partial charge >= 0.3 is 17.9 Å². The molecule has 1 unspecified atom stereocenters. The Morgan fingerprint density at radius 1 is 1.09 bits per heavy atom. The van der Waals surface area contributed by atoms with Gasteiger partial charge in [0.2, 0.25) is 0 Å². The van der Waals surface area contributed by atoms with Crippen LogP contribution < -0.4 is 5.32 Å². The quantitative estimate of drug-likeness (QED) is 0.518. The summed E-state index contributed by atoms with van der Waals surface area (Å²) in [7, 11) is 0. The van der Waals surface area contributed by atoms with Crippen molar-refractivity contribution >= 4 is 17.9 Å². The summed E-state index contributed by atoms with van der Waals surface area (Å²) in [5.74, 6) is -4.19. The number of rotatable bonds is 6. The summed E-state index contributed by atoms with van der Waals surface area (Å²) in [6.45, 7) is 7.86. The van der Waals surface area contributed by atoms with Crippen LogP contribution in [0.1, 0.15) is 53.4 Å². The number of aliphatic carboxylic acids is 2. The molecule has 1 heterocycles. The average Bonchev–Trinajstić information content (AvgIpc) is 2.21. The first kappa shape index (κ1) is 19.4. The zero-order valence-corrected chi connectivity index (χ0v) is 13.9. The number of carboxylic acid groups (broad SMARTS) is 2. The maximum atomic E-state index is 12.0. The Balaban J connectivity index is 2.75. The van der Waals surface area contributed by atoms with Crippen molar-refractivity contribution in [3.05, 3.63) is 0 Å². The van der Waals surface area contributed by atoms with E-state index in [1.54, 1.807) is 0 Å². The van der Waals surface area contributed by atoms with Gasteiger partial charge < -0.3 is 25.4 Å². The SMILES string of the molecule is CC1(C)CC(OC(=O)CC(O)(CC(=O)O)C(=O)O)CC(C)(C)N1. The van der Waals surface area contributed by atoms with Crippen LogP contribution in [0.2, 0.25) is 0 Å². The summed E-state index contributed by atoms with van der Waals surface area (Å²) in [6.07, 6.45) is -1.34. The number of nitrogens with one attached hydrogen (secondary N) is 1. The van der Waals surface area contributed by atoms with E-state index in [2.05, 4.69) is 5.32 Å². The van der Waals surface area contributed by atoms with Gasteiger partial charge in [-0.3, -0.25) is 9.59 Å². The highest BCUT2D eigenvalue weighted by Gasteiger charge is 2.43. The number of hydrogen-bond donors (Lipinski definition) is 4. The van der Waals surface area contributed by atoms with E-state index in [9.17, 15) is 19.5 Å². The van der Waals surface area contributed by atoms with Crippen molar-refractivity contribution in [3.8, 4) is 0 Å². The molecule has 1 saturated heterocycles. The molecule has 8 nitrogen and oxygen atoms in total. The number of esters is 1. The molecule has 0 aromatic heterocycles. The van der Waals surface area contributed by atoms with Crippen LogP contribution in [-0.4, -0.2) is 56.0 Å². The van der Waals surface area contributed by atoms with E-state index in [-0.39, 0.29) is 11.1 Å². The van der Waals surface area contributed by atoms with Gasteiger partial charge in [0.05, 0.1) is 12.8 Å². The third kappa shape index (κ3) is 5.80. The van der Waals surface area contributed by atoms with Crippen molar-refractivity contribution in [2.75, 3.05) is 0 Å². The summed E-state index contributed by atoms with van der Waals surface area (Å²) < 4.78 is 5.29. The first-order chi connectivity index (χ1) is 10.2. The van der Waals surface area contributed by atoms with E-state index in [1.165, 1.54) is 0 Å². The third-order valence-corrected chi connectivity index (χ3v) is 3.73. The summed E-state index contributed by atoms with van der Waals surface area (Å²) in [4.78, 5) is 33.7. The van der Waals surface area contributed by atoms with E-state index < -0.39 is 42.5 Å². The highest BCUT2D eigenvalue weighted by molar-refractivity contribution is 5.88. The van der Waals surface area contributed by atoms with Crippen molar-refractivity contribution in [1.82, 2.24) is 5.32 Å². The van der Waals surface area contributed by atoms with E-state index in [0.717, 1.165) is 0 Å². The molecule has 0 aliphatic carbocycles. The largest absolute Gasteiger partial charge is 0.481 e. The highest BCUT2D eigenvalue weighted by Crippen LogP contribution is 2.31. The Labute approximate surface area is 134 Å². The molecular weight excluding hydrogens is 306 g/mol. The lowest BCUT2D eigenvalue weighted by Gasteiger charge is -2.46. The smallest absolute Gasteiger partial charge is 0.336 e. The fourth-order valence-corrected chi connectivity index (χ4v) is 3.24. The second-order valence-corrected chi connectivity index (χ2v) is 7.50. The Morgan fingerprint density at radius 3 is 1.96 bits per heavy atom. The molecular formula is C15H25NO7. The molecule has 0 amide bonds. The predicted molar refractivity (Wildman–Crippen MR) is 79.9 cm³/mol. The number of piperidine rings is 1. The van der Waals surface area contributed by atoms with Crippen molar-refractivity contribution in [2.24, 2.45) is 0 Å². The molecule has 23 heavy (non-hydrogen) atoms. The van der Waals surface area contributed by atoms with Crippen LogP contribution in [0.4, 0.5) is 0 Å². The Hall–Kier alpha value is -1.67. The molecule has 0 saturated carbocycles. The Bertz CT molecular complexity index is 484. The van der Waals surface area contributed by atoms with Crippen LogP contribution >= 0.6 is 0 Å². The zero-order valence-electron chi connectivity index (χ0n) is 13.9. The van der Waals surface area contributed by atoms with Gasteiger partial charge in [-0.2, -0.15) is 0 Å². The summed E-state index contributed by atoms with van der Waals surface area (Å²) in [6, 6.07) is 0. The van der Waals surface area contributed by atoms with Gasteiger partial charge in [-0.15, -0.1) is 0 Å². The standard InChI is InChI=1S/C15H25NO7/c1-13(2)5-9(6-14(3,4)16-13)23-11(19)8-15(22,12(20)21)7-10(17)18/h9,16,22H,5-8H2,1-4H3,(H,17,18)(H,20,21). The minimum Gasteiger partial charge on any atom is -0.481 e. The van der Waals surface area contributed by atoms with Gasteiger partial charge in [0.25, 0.3) is 0 Å². The molecule has 0 spiro atoms. The fourth-order valence-electron chi connectivity index (χ4n) is 3.24. The summed E-state index contributed by atoms with van der Waals surface area (Å²) >= 11 is 0. The molecule has 1 aliphatic rings. The van der Waals surface area contributed by atoms with E-state index in [0.29, 0.717) is 12.8 Å². The van der Waals surface area contributed by atoms with Gasteiger partial charge in [0, 0.05) is 23.9 Å². The molecule has 0 radical (unpaired) electrons. The first-order valence-corrected chi connectivity index (χ1v) is 7.41. The van der Waals surface area contributed by atoms with Gasteiger partial charge in [0.15, 0.2) is 5.60 Å². The highest BCUT2D eigenvalue weighted by atomic mass is 16.5. The lowest BCUT2D eigenvalue weighted by atomic mass is 9.81. The van der Waals surface area contributed by atoms with Gasteiger partial charge in [0.1, 0.15) is 6.10 Å². The Kier molecular flexibility index (Phi) is 5.43. The second-order valence-electron chi connectivity index (χ2n) is 7.50. The van der Waals surface area contributed by atoms with Gasteiger partial charge in [-0.05, 0) is 27.7 Å². The van der Waals surface area contributed by atoms with Crippen molar-refractivity contribution < 1.29 is 34.4 Å². The van der Waals surface area contributed by atoms with Crippen LogP contribution in [0.3, 0.4) is 0 Å².